The third-order valence-corrected chi connectivity index (χ3v) is 1.24. The van der Waals surface area contributed by atoms with E-state index in [0.29, 0.717) is 6.42 Å². The molecule has 0 aromatic rings. The van der Waals surface area contributed by atoms with Crippen LogP contribution in [0.15, 0.2) is 12.7 Å². The highest BCUT2D eigenvalue weighted by Gasteiger charge is 2.13. The van der Waals surface area contributed by atoms with Crippen molar-refractivity contribution >= 4 is 18.4 Å². The van der Waals surface area contributed by atoms with Crippen molar-refractivity contribution in [1.29, 1.82) is 0 Å². The molecule has 0 aliphatic carbocycles. The zero-order valence-corrected chi connectivity index (χ0v) is 7.61. The van der Waals surface area contributed by atoms with Crippen molar-refractivity contribution < 1.29 is 9.53 Å². The van der Waals surface area contributed by atoms with Gasteiger partial charge < -0.3 is 10.1 Å². The van der Waals surface area contributed by atoms with Crippen molar-refractivity contribution in [1.82, 2.24) is 5.32 Å². The summed E-state index contributed by atoms with van der Waals surface area (Å²) >= 11 is 0. The number of carbonyl (C=O) groups is 1. The van der Waals surface area contributed by atoms with Crippen molar-refractivity contribution in [2.75, 3.05) is 14.2 Å². The number of carbonyl (C=O) groups excluding carboxylic acids is 1. The van der Waals surface area contributed by atoms with E-state index in [1.807, 2.05) is 0 Å². The number of hydrogen-bond acceptors (Lipinski definition) is 3. The van der Waals surface area contributed by atoms with Crippen LogP contribution >= 0.6 is 12.4 Å². The summed E-state index contributed by atoms with van der Waals surface area (Å²) in [5.74, 6) is -0.248. The van der Waals surface area contributed by atoms with Crippen LogP contribution in [0.4, 0.5) is 0 Å². The van der Waals surface area contributed by atoms with Crippen LogP contribution in [0.2, 0.25) is 0 Å². The molecule has 1 N–H and O–H groups in total. The number of methoxy groups -OCH3 is 1. The number of rotatable bonds is 4. The van der Waals surface area contributed by atoms with E-state index in [9.17, 15) is 4.79 Å². The van der Waals surface area contributed by atoms with E-state index in [4.69, 9.17) is 0 Å². The minimum atomic E-state index is -0.248. The van der Waals surface area contributed by atoms with Gasteiger partial charge in [0.1, 0.15) is 6.04 Å². The van der Waals surface area contributed by atoms with Crippen LogP contribution in [0.5, 0.6) is 0 Å². The molecule has 1 atom stereocenters. The molecule has 1 unspecified atom stereocenters. The van der Waals surface area contributed by atoms with Crippen molar-refractivity contribution in [2.45, 2.75) is 12.5 Å². The Hall–Kier alpha value is -0.540. The van der Waals surface area contributed by atoms with Gasteiger partial charge >= 0.3 is 5.97 Å². The van der Waals surface area contributed by atoms with Crippen molar-refractivity contribution in [3.8, 4) is 0 Å². The fraction of sp³-hybridized carbons (Fsp3) is 0.571. The fourth-order valence-electron chi connectivity index (χ4n) is 0.641. The minimum Gasteiger partial charge on any atom is -0.468 e. The first-order valence-electron chi connectivity index (χ1n) is 3.12. The summed E-state index contributed by atoms with van der Waals surface area (Å²) < 4.78 is 4.51. The molecule has 0 rings (SSSR count). The summed E-state index contributed by atoms with van der Waals surface area (Å²) in [5, 5.41) is 2.81. The summed E-state index contributed by atoms with van der Waals surface area (Å²) in [6.07, 6.45) is 2.28. The molecule has 0 aliphatic heterocycles. The van der Waals surface area contributed by atoms with Gasteiger partial charge in [0.15, 0.2) is 0 Å². The SMILES string of the molecule is C=CCC(NC)C(=O)OC.Cl. The lowest BCUT2D eigenvalue weighted by atomic mass is 10.2. The Morgan fingerprint density at radius 1 is 1.82 bits per heavy atom. The maximum Gasteiger partial charge on any atom is 0.323 e. The van der Waals surface area contributed by atoms with Gasteiger partial charge in [0.05, 0.1) is 7.11 Å². The Morgan fingerprint density at radius 2 is 2.36 bits per heavy atom. The van der Waals surface area contributed by atoms with E-state index in [1.54, 1.807) is 13.1 Å². The largest absolute Gasteiger partial charge is 0.468 e. The van der Waals surface area contributed by atoms with Crippen molar-refractivity contribution in [3.05, 3.63) is 12.7 Å². The molecule has 0 aromatic carbocycles. The highest BCUT2D eigenvalue weighted by molar-refractivity contribution is 5.85. The maximum absolute atomic E-state index is 10.8. The quantitative estimate of drug-likeness (QED) is 0.511. The lowest BCUT2D eigenvalue weighted by Crippen LogP contribution is -2.34. The summed E-state index contributed by atoms with van der Waals surface area (Å²) in [6.45, 7) is 3.52. The molecule has 0 heterocycles. The van der Waals surface area contributed by atoms with E-state index >= 15 is 0 Å². The van der Waals surface area contributed by atoms with Gasteiger partial charge in [-0.15, -0.1) is 19.0 Å². The Morgan fingerprint density at radius 3 is 2.64 bits per heavy atom. The van der Waals surface area contributed by atoms with Crippen LogP contribution in [0.1, 0.15) is 6.42 Å². The highest BCUT2D eigenvalue weighted by atomic mass is 35.5. The second-order valence-electron chi connectivity index (χ2n) is 1.89. The van der Waals surface area contributed by atoms with E-state index < -0.39 is 0 Å². The van der Waals surface area contributed by atoms with Crippen LogP contribution in [0.3, 0.4) is 0 Å². The average Bonchev–Trinajstić information content (AvgIpc) is 1.99. The van der Waals surface area contributed by atoms with E-state index in [2.05, 4.69) is 16.6 Å². The smallest absolute Gasteiger partial charge is 0.323 e. The summed E-state index contributed by atoms with van der Waals surface area (Å²) in [7, 11) is 3.08. The summed E-state index contributed by atoms with van der Waals surface area (Å²) in [6, 6.07) is -0.248. The maximum atomic E-state index is 10.8. The molecular weight excluding hydrogens is 166 g/mol. The number of esters is 1. The predicted octanol–water partition coefficient (Wildman–Crippen LogP) is 0.745. The van der Waals surface area contributed by atoms with E-state index in [1.165, 1.54) is 7.11 Å². The van der Waals surface area contributed by atoms with Gasteiger partial charge in [0.2, 0.25) is 0 Å². The van der Waals surface area contributed by atoms with Crippen LogP contribution in [0, 0.1) is 0 Å². The molecule has 0 spiro atoms. The molecule has 3 nitrogen and oxygen atoms in total. The number of halogens is 1. The normalized spacial score (nSPS) is 11.1. The lowest BCUT2D eigenvalue weighted by Gasteiger charge is -2.09. The van der Waals surface area contributed by atoms with Gasteiger partial charge in [-0.3, -0.25) is 4.79 Å². The van der Waals surface area contributed by atoms with Crippen LogP contribution in [-0.4, -0.2) is 26.2 Å². The third kappa shape index (κ3) is 4.81. The van der Waals surface area contributed by atoms with Gasteiger partial charge in [-0.25, -0.2) is 0 Å². The fourth-order valence-corrected chi connectivity index (χ4v) is 0.641. The third-order valence-electron chi connectivity index (χ3n) is 1.24. The number of hydrogen-bond donors (Lipinski definition) is 1. The highest BCUT2D eigenvalue weighted by Crippen LogP contribution is 1.93. The molecule has 11 heavy (non-hydrogen) atoms. The average molecular weight is 180 g/mol. The molecule has 0 fully saturated rings. The molecule has 0 saturated carbocycles. The topological polar surface area (TPSA) is 38.3 Å². The van der Waals surface area contributed by atoms with Crippen LogP contribution < -0.4 is 5.32 Å². The van der Waals surface area contributed by atoms with E-state index in [-0.39, 0.29) is 24.4 Å². The van der Waals surface area contributed by atoms with Crippen molar-refractivity contribution in [3.63, 3.8) is 0 Å². The molecular formula is C7H14ClNO2. The zero-order chi connectivity index (χ0) is 7.98. The first-order chi connectivity index (χ1) is 4.76. The number of nitrogens with one attached hydrogen (secondary N) is 1. The zero-order valence-electron chi connectivity index (χ0n) is 6.79. The molecule has 0 aliphatic rings. The van der Waals surface area contributed by atoms with Crippen molar-refractivity contribution in [2.24, 2.45) is 0 Å². The summed E-state index contributed by atoms with van der Waals surface area (Å²) in [5.41, 5.74) is 0. The van der Waals surface area contributed by atoms with Gasteiger partial charge in [-0.1, -0.05) is 6.08 Å². The molecule has 66 valence electrons. The first kappa shape index (κ1) is 13.1. The standard InChI is InChI=1S/C7H13NO2.ClH/c1-4-5-6(8-2)7(9)10-3;/h4,6,8H,1,5H2,2-3H3;1H. The van der Waals surface area contributed by atoms with Gasteiger partial charge in [-0.2, -0.15) is 0 Å². The second-order valence-corrected chi connectivity index (χ2v) is 1.89. The molecule has 0 bridgehead atoms. The predicted molar refractivity (Wildman–Crippen MR) is 46.9 cm³/mol. The molecule has 0 radical (unpaired) electrons. The Bertz CT molecular complexity index is 128. The summed E-state index contributed by atoms with van der Waals surface area (Å²) in [4.78, 5) is 10.8. The van der Waals surface area contributed by atoms with Crippen LogP contribution in [-0.2, 0) is 9.53 Å². The van der Waals surface area contributed by atoms with Gasteiger partial charge in [0, 0.05) is 0 Å². The Balaban J connectivity index is 0. The monoisotopic (exact) mass is 179 g/mol. The molecule has 0 amide bonds. The number of likely N-dealkylation sites (N-methyl/N-ethyl adjacent to an activating group) is 1. The first-order valence-corrected chi connectivity index (χ1v) is 3.12. The van der Waals surface area contributed by atoms with Gasteiger partial charge in [0.25, 0.3) is 0 Å². The molecule has 0 aromatic heterocycles. The minimum absolute atomic E-state index is 0. The number of ether oxygens (including phenoxy) is 1. The molecule has 0 saturated heterocycles. The Kier molecular flexibility index (Phi) is 9.00. The Labute approximate surface area is 73.2 Å². The van der Waals surface area contributed by atoms with E-state index in [0.717, 1.165) is 0 Å². The molecule has 4 heteroatoms. The van der Waals surface area contributed by atoms with Crippen LogP contribution in [0.25, 0.3) is 0 Å². The lowest BCUT2D eigenvalue weighted by molar-refractivity contribution is -0.142. The second kappa shape index (κ2) is 7.57. The van der Waals surface area contributed by atoms with Gasteiger partial charge in [-0.05, 0) is 13.5 Å².